The predicted molar refractivity (Wildman–Crippen MR) is 142 cm³/mol. The van der Waals surface area contributed by atoms with E-state index in [0.717, 1.165) is 24.3 Å². The third kappa shape index (κ3) is 5.55. The van der Waals surface area contributed by atoms with E-state index in [9.17, 15) is 49.2 Å². The molecule has 4 aromatic rings. The number of alkyl halides is 6. The Morgan fingerprint density at radius 2 is 1.22 bits per heavy atom. The molecule has 45 heavy (non-hydrogen) atoms. The molecular formula is C32H16F10N2O. The number of rotatable bonds is 4. The minimum Gasteiger partial charge on any atom is -0.405 e. The molecule has 5 rings (SSSR count). The zero-order valence-corrected chi connectivity index (χ0v) is 22.9. The lowest BCUT2D eigenvalue weighted by Crippen LogP contribution is -2.18. The third-order valence-electron chi connectivity index (χ3n) is 7.55. The number of aryl methyl sites for hydroxylation is 1. The van der Waals surface area contributed by atoms with Crippen molar-refractivity contribution < 1.29 is 48.6 Å². The van der Waals surface area contributed by atoms with E-state index in [1.165, 1.54) is 19.1 Å². The van der Waals surface area contributed by atoms with Crippen LogP contribution in [0.15, 0.2) is 48.5 Å². The topological polar surface area (TPSA) is 37.4 Å². The van der Waals surface area contributed by atoms with Gasteiger partial charge < -0.3 is 4.74 Å². The lowest BCUT2D eigenvalue weighted by atomic mass is 9.87. The third-order valence-corrected chi connectivity index (χ3v) is 7.55. The molecule has 0 aromatic heterocycles. The SMILES string of the molecule is [C-]#[N+]C(C#N)C1c2cc(C)c(-c3cc(F)c(C)c(F)c3)cc2-c2cc(-c3cc(F)c(C(F)(F)F)c(F)c3)c(OC(F)(F)F)cc21. The Morgan fingerprint density at radius 1 is 0.733 bits per heavy atom. The quantitative estimate of drug-likeness (QED) is 0.166. The van der Waals surface area contributed by atoms with Crippen LogP contribution in [-0.4, -0.2) is 12.4 Å². The van der Waals surface area contributed by atoms with Crippen molar-refractivity contribution in [3.8, 4) is 45.2 Å². The van der Waals surface area contributed by atoms with Crippen molar-refractivity contribution >= 4 is 0 Å². The van der Waals surface area contributed by atoms with Crippen LogP contribution < -0.4 is 4.74 Å². The number of halogens is 10. The van der Waals surface area contributed by atoms with Gasteiger partial charge in [0.25, 0.3) is 0 Å². The van der Waals surface area contributed by atoms with Gasteiger partial charge in [0.15, 0.2) is 6.07 Å². The maximum atomic E-state index is 14.6. The second-order valence-electron chi connectivity index (χ2n) is 10.3. The molecule has 0 amide bonds. The van der Waals surface area contributed by atoms with Gasteiger partial charge in [-0.25, -0.2) is 24.1 Å². The highest BCUT2D eigenvalue weighted by Crippen LogP contribution is 2.53. The molecule has 0 saturated heterocycles. The maximum absolute atomic E-state index is 14.6. The highest BCUT2D eigenvalue weighted by Gasteiger charge is 2.42. The summed E-state index contributed by atoms with van der Waals surface area (Å²) in [6.45, 7) is 10.3. The van der Waals surface area contributed by atoms with E-state index in [4.69, 9.17) is 6.57 Å². The molecule has 1 aliphatic rings. The molecule has 3 nitrogen and oxygen atoms in total. The van der Waals surface area contributed by atoms with Crippen LogP contribution in [0.25, 0.3) is 38.2 Å². The summed E-state index contributed by atoms with van der Waals surface area (Å²) in [5, 5.41) is 9.73. The van der Waals surface area contributed by atoms with Crippen molar-refractivity contribution in [2.75, 3.05) is 0 Å². The van der Waals surface area contributed by atoms with Crippen LogP contribution >= 0.6 is 0 Å². The van der Waals surface area contributed by atoms with Crippen LogP contribution in [0.1, 0.15) is 33.7 Å². The molecule has 0 fully saturated rings. The zero-order chi connectivity index (χ0) is 33.2. The fraction of sp³-hybridized carbons (Fsp3) is 0.188. The zero-order valence-electron chi connectivity index (χ0n) is 22.9. The fourth-order valence-corrected chi connectivity index (χ4v) is 5.54. The number of nitriles is 1. The fourth-order valence-electron chi connectivity index (χ4n) is 5.54. The Kier molecular flexibility index (Phi) is 7.56. The Hall–Kier alpha value is -5.04. The molecule has 13 heteroatoms. The molecule has 0 heterocycles. The summed E-state index contributed by atoms with van der Waals surface area (Å²) in [5.74, 6) is -8.12. The first-order valence-corrected chi connectivity index (χ1v) is 12.8. The molecule has 0 spiro atoms. The lowest BCUT2D eigenvalue weighted by molar-refractivity contribution is -0.274. The molecule has 0 radical (unpaired) electrons. The smallest absolute Gasteiger partial charge is 0.405 e. The van der Waals surface area contributed by atoms with E-state index >= 15 is 0 Å². The van der Waals surface area contributed by atoms with E-state index in [1.54, 1.807) is 13.0 Å². The molecule has 4 aromatic carbocycles. The van der Waals surface area contributed by atoms with Crippen LogP contribution in [-0.2, 0) is 6.18 Å². The number of ether oxygens (including phenoxy) is 1. The second-order valence-corrected chi connectivity index (χ2v) is 10.3. The van der Waals surface area contributed by atoms with E-state index in [1.807, 2.05) is 0 Å². The first kappa shape index (κ1) is 31.4. The summed E-state index contributed by atoms with van der Waals surface area (Å²) in [7, 11) is 0. The number of fused-ring (bicyclic) bond motifs is 3. The summed E-state index contributed by atoms with van der Waals surface area (Å²) < 4.78 is 142. The van der Waals surface area contributed by atoms with Gasteiger partial charge in [0, 0.05) is 11.1 Å². The van der Waals surface area contributed by atoms with Crippen LogP contribution in [0, 0.1) is 55.0 Å². The minimum atomic E-state index is -5.45. The van der Waals surface area contributed by atoms with E-state index < -0.39 is 70.2 Å². The molecular weight excluding hydrogens is 618 g/mol. The summed E-state index contributed by atoms with van der Waals surface area (Å²) in [4.78, 5) is 3.29. The highest BCUT2D eigenvalue weighted by atomic mass is 19.4. The van der Waals surface area contributed by atoms with Gasteiger partial charge in [-0.2, -0.15) is 18.4 Å². The molecule has 2 unspecified atom stereocenters. The number of nitrogens with zero attached hydrogens (tertiary/aromatic N) is 2. The van der Waals surface area contributed by atoms with Crippen molar-refractivity contribution in [1.82, 2.24) is 0 Å². The average molecular weight is 634 g/mol. The van der Waals surface area contributed by atoms with Gasteiger partial charge in [0.1, 0.15) is 40.5 Å². The van der Waals surface area contributed by atoms with Crippen molar-refractivity contribution in [2.45, 2.75) is 38.3 Å². The molecule has 0 N–H and O–H groups in total. The Balaban J connectivity index is 1.83. The maximum Gasteiger partial charge on any atom is 0.573 e. The number of benzene rings is 4. The second kappa shape index (κ2) is 10.8. The van der Waals surface area contributed by atoms with Crippen LogP contribution in [0.2, 0.25) is 0 Å². The van der Waals surface area contributed by atoms with E-state index in [2.05, 4.69) is 9.58 Å². The highest BCUT2D eigenvalue weighted by molar-refractivity contribution is 5.89. The van der Waals surface area contributed by atoms with E-state index in [0.29, 0.717) is 5.56 Å². The Labute approximate surface area is 248 Å². The minimum absolute atomic E-state index is 0.0266. The molecule has 2 atom stereocenters. The van der Waals surface area contributed by atoms with Gasteiger partial charge in [-0.05, 0) is 101 Å². The average Bonchev–Trinajstić information content (AvgIpc) is 3.21. The summed E-state index contributed by atoms with van der Waals surface area (Å²) in [6.07, 6.45) is -10.8. The molecule has 230 valence electrons. The summed E-state index contributed by atoms with van der Waals surface area (Å²) >= 11 is 0. The number of hydrogen-bond acceptors (Lipinski definition) is 2. The van der Waals surface area contributed by atoms with Crippen molar-refractivity contribution in [1.29, 1.82) is 5.26 Å². The van der Waals surface area contributed by atoms with Gasteiger partial charge in [0.2, 0.25) is 0 Å². The first-order chi connectivity index (χ1) is 20.9. The van der Waals surface area contributed by atoms with Gasteiger partial charge >= 0.3 is 18.6 Å². The van der Waals surface area contributed by atoms with Crippen LogP contribution in [0.3, 0.4) is 0 Å². The Morgan fingerprint density at radius 3 is 1.71 bits per heavy atom. The van der Waals surface area contributed by atoms with Crippen molar-refractivity contribution in [3.63, 3.8) is 0 Å². The molecule has 0 bridgehead atoms. The molecule has 0 saturated carbocycles. The standard InChI is InChI=1S/C32H16F10N2O/c1-13-4-21-19(9-17(13)15-5-23(33)14(2)24(34)6-15)20-10-18(16-7-25(35)30(26(36)8-16)31(37,38)39)28(45-32(40,41)42)11-22(20)29(21)27(12-43)44-3/h4-11,27,29H,1-2H3. The van der Waals surface area contributed by atoms with Gasteiger partial charge in [0.05, 0.1) is 0 Å². The van der Waals surface area contributed by atoms with Crippen LogP contribution in [0.4, 0.5) is 43.9 Å². The lowest BCUT2D eigenvalue weighted by Gasteiger charge is -2.18. The normalized spacial score (nSPS) is 14.8. The molecule has 1 aliphatic carbocycles. The van der Waals surface area contributed by atoms with E-state index in [-0.39, 0.29) is 51.1 Å². The first-order valence-electron chi connectivity index (χ1n) is 12.8. The van der Waals surface area contributed by atoms with Crippen molar-refractivity contribution in [3.05, 3.63) is 111 Å². The van der Waals surface area contributed by atoms with Gasteiger partial charge in [-0.1, -0.05) is 6.07 Å². The monoisotopic (exact) mass is 634 g/mol. The predicted octanol–water partition coefficient (Wildman–Crippen LogP) is 10.0. The van der Waals surface area contributed by atoms with Crippen molar-refractivity contribution in [2.24, 2.45) is 0 Å². The van der Waals surface area contributed by atoms with Gasteiger partial charge in [-0.15, -0.1) is 13.2 Å². The van der Waals surface area contributed by atoms with Crippen LogP contribution in [0.5, 0.6) is 5.75 Å². The molecule has 0 aliphatic heterocycles. The largest absolute Gasteiger partial charge is 0.573 e. The summed E-state index contributed by atoms with van der Waals surface area (Å²) in [5.41, 5.74) is -2.58. The number of hydrogen-bond donors (Lipinski definition) is 0. The summed E-state index contributed by atoms with van der Waals surface area (Å²) in [6, 6.07) is 7.60. The Bertz CT molecular complexity index is 1910. The van der Waals surface area contributed by atoms with Gasteiger partial charge in [-0.3, -0.25) is 4.85 Å².